The molecule has 0 aromatic carbocycles. The first kappa shape index (κ1) is 15.3. The Bertz CT molecular complexity index is 757. The van der Waals surface area contributed by atoms with Gasteiger partial charge in [-0.25, -0.2) is 9.97 Å². The van der Waals surface area contributed by atoms with Gasteiger partial charge in [0.15, 0.2) is 5.82 Å². The molecule has 3 rings (SSSR count). The predicted octanol–water partition coefficient (Wildman–Crippen LogP) is 2.91. The number of hydrogen-bond donors (Lipinski definition) is 0. The minimum absolute atomic E-state index is 0.0724. The molecule has 0 fully saturated rings. The molecular weight excluding hydrogens is 308 g/mol. The van der Waals surface area contributed by atoms with Gasteiger partial charge in [0.1, 0.15) is 0 Å². The lowest BCUT2D eigenvalue weighted by atomic mass is 10.2. The third-order valence-electron chi connectivity index (χ3n) is 3.47. The Hall–Kier alpha value is -2.60. The van der Waals surface area contributed by atoms with Crippen molar-refractivity contribution in [3.8, 4) is 10.7 Å². The van der Waals surface area contributed by atoms with Crippen LogP contribution >= 0.6 is 11.3 Å². The summed E-state index contributed by atoms with van der Waals surface area (Å²) in [5, 5.41) is 1.98. The maximum Gasteiger partial charge on any atom is 0.256 e. The van der Waals surface area contributed by atoms with Crippen molar-refractivity contribution >= 4 is 17.2 Å². The number of hydrogen-bond acceptors (Lipinski definition) is 5. The van der Waals surface area contributed by atoms with E-state index >= 15 is 0 Å². The fourth-order valence-electron chi connectivity index (χ4n) is 2.14. The number of amides is 1. The van der Waals surface area contributed by atoms with E-state index in [1.165, 1.54) is 0 Å². The molecule has 0 aliphatic heterocycles. The zero-order chi connectivity index (χ0) is 16.1. The van der Waals surface area contributed by atoms with Crippen LogP contribution in [0, 0.1) is 0 Å². The molecule has 1 amide bonds. The van der Waals surface area contributed by atoms with Crippen molar-refractivity contribution in [1.29, 1.82) is 0 Å². The quantitative estimate of drug-likeness (QED) is 0.724. The summed E-state index contributed by atoms with van der Waals surface area (Å²) in [5.74, 6) is 0.577. The molecule has 0 saturated heterocycles. The van der Waals surface area contributed by atoms with Gasteiger partial charge in [0.2, 0.25) is 0 Å². The van der Waals surface area contributed by atoms with E-state index in [0.717, 1.165) is 16.9 Å². The molecule has 23 heavy (non-hydrogen) atoms. The van der Waals surface area contributed by atoms with Gasteiger partial charge >= 0.3 is 0 Å². The molecule has 3 aromatic heterocycles. The molecule has 0 bridgehead atoms. The van der Waals surface area contributed by atoms with E-state index in [9.17, 15) is 4.79 Å². The van der Waals surface area contributed by atoms with Crippen LogP contribution in [-0.4, -0.2) is 39.4 Å². The Labute approximate surface area is 138 Å². The zero-order valence-electron chi connectivity index (χ0n) is 12.7. The number of thiophene rings is 1. The minimum Gasteiger partial charge on any atom is -0.341 e. The fourth-order valence-corrected chi connectivity index (χ4v) is 2.81. The van der Waals surface area contributed by atoms with Crippen LogP contribution in [-0.2, 0) is 6.42 Å². The average Bonchev–Trinajstić information content (AvgIpc) is 3.15. The van der Waals surface area contributed by atoms with Crippen LogP contribution < -0.4 is 0 Å². The molecule has 0 aliphatic rings. The summed E-state index contributed by atoms with van der Waals surface area (Å²) >= 11 is 1.58. The summed E-state index contributed by atoms with van der Waals surface area (Å²) in [6.07, 6.45) is 7.49. The number of pyridine rings is 1. The summed E-state index contributed by atoms with van der Waals surface area (Å²) in [5.41, 5.74) is 1.66. The molecule has 6 heteroatoms. The molecule has 0 aliphatic carbocycles. The Morgan fingerprint density at radius 1 is 1.17 bits per heavy atom. The van der Waals surface area contributed by atoms with Crippen LogP contribution in [0.2, 0.25) is 0 Å². The van der Waals surface area contributed by atoms with Crippen molar-refractivity contribution < 1.29 is 4.79 Å². The third-order valence-corrected chi connectivity index (χ3v) is 4.34. The molecule has 5 nitrogen and oxygen atoms in total. The Morgan fingerprint density at radius 3 is 2.57 bits per heavy atom. The van der Waals surface area contributed by atoms with Gasteiger partial charge in [-0.2, -0.15) is 0 Å². The lowest BCUT2D eigenvalue weighted by molar-refractivity contribution is 0.0796. The van der Waals surface area contributed by atoms with Crippen molar-refractivity contribution in [1.82, 2.24) is 19.9 Å². The number of likely N-dealkylation sites (N-methyl/N-ethyl adjacent to an activating group) is 1. The van der Waals surface area contributed by atoms with Gasteiger partial charge in [-0.15, -0.1) is 11.3 Å². The van der Waals surface area contributed by atoms with E-state index in [1.54, 1.807) is 48.1 Å². The largest absolute Gasteiger partial charge is 0.341 e. The highest BCUT2D eigenvalue weighted by atomic mass is 32.1. The standard InChI is InChI=1S/C17H16N4OS/c1-21(9-6-13-4-7-18-8-5-13)17(22)14-11-19-16(20-12-14)15-3-2-10-23-15/h2-5,7-8,10-12H,6,9H2,1H3. The van der Waals surface area contributed by atoms with E-state index in [2.05, 4.69) is 15.0 Å². The topological polar surface area (TPSA) is 59.0 Å². The molecule has 0 unspecified atom stereocenters. The summed E-state index contributed by atoms with van der Waals surface area (Å²) in [6, 6.07) is 7.83. The van der Waals surface area contributed by atoms with E-state index in [4.69, 9.17) is 0 Å². The third kappa shape index (κ3) is 3.78. The molecule has 0 N–H and O–H groups in total. The summed E-state index contributed by atoms with van der Waals surface area (Å²) in [4.78, 5) is 27.6. The van der Waals surface area contributed by atoms with Gasteiger partial charge in [-0.05, 0) is 35.6 Å². The summed E-state index contributed by atoms with van der Waals surface area (Å²) < 4.78 is 0. The van der Waals surface area contributed by atoms with E-state index in [-0.39, 0.29) is 5.91 Å². The Balaban J connectivity index is 1.63. The van der Waals surface area contributed by atoms with Gasteiger partial charge in [0, 0.05) is 38.4 Å². The molecule has 0 saturated carbocycles. The molecule has 3 heterocycles. The zero-order valence-corrected chi connectivity index (χ0v) is 13.5. The van der Waals surface area contributed by atoms with Gasteiger partial charge in [0.25, 0.3) is 5.91 Å². The van der Waals surface area contributed by atoms with Gasteiger partial charge < -0.3 is 4.90 Å². The van der Waals surface area contributed by atoms with Crippen LogP contribution in [0.5, 0.6) is 0 Å². The number of carbonyl (C=O) groups is 1. The molecule has 0 radical (unpaired) electrons. The normalized spacial score (nSPS) is 10.5. The molecule has 116 valence electrons. The van der Waals surface area contributed by atoms with Crippen molar-refractivity contribution in [2.24, 2.45) is 0 Å². The maximum atomic E-state index is 12.4. The first-order valence-corrected chi connectivity index (χ1v) is 8.12. The number of rotatable bonds is 5. The van der Waals surface area contributed by atoms with Crippen LogP contribution in [0.15, 0.2) is 54.4 Å². The summed E-state index contributed by atoms with van der Waals surface area (Å²) in [6.45, 7) is 0.634. The van der Waals surface area contributed by atoms with Gasteiger partial charge in [-0.1, -0.05) is 6.07 Å². The maximum absolute atomic E-state index is 12.4. The van der Waals surface area contributed by atoms with Crippen molar-refractivity contribution in [2.75, 3.05) is 13.6 Å². The highest BCUT2D eigenvalue weighted by Gasteiger charge is 2.13. The van der Waals surface area contributed by atoms with Crippen LogP contribution in [0.25, 0.3) is 10.7 Å². The number of nitrogens with zero attached hydrogens (tertiary/aromatic N) is 4. The van der Waals surface area contributed by atoms with Gasteiger partial charge in [-0.3, -0.25) is 9.78 Å². The lowest BCUT2D eigenvalue weighted by Crippen LogP contribution is -2.29. The molecule has 0 spiro atoms. The highest BCUT2D eigenvalue weighted by Crippen LogP contribution is 2.20. The second-order valence-corrected chi connectivity index (χ2v) is 6.05. The second kappa shape index (κ2) is 7.11. The second-order valence-electron chi connectivity index (χ2n) is 5.10. The van der Waals surface area contributed by atoms with Crippen molar-refractivity contribution in [3.63, 3.8) is 0 Å². The smallest absolute Gasteiger partial charge is 0.256 e. The molecule has 3 aromatic rings. The van der Waals surface area contributed by atoms with Crippen LogP contribution in [0.1, 0.15) is 15.9 Å². The minimum atomic E-state index is -0.0724. The first-order chi connectivity index (χ1) is 11.2. The van der Waals surface area contributed by atoms with Crippen molar-refractivity contribution in [2.45, 2.75) is 6.42 Å². The van der Waals surface area contributed by atoms with E-state index < -0.39 is 0 Å². The number of aromatic nitrogens is 3. The van der Waals surface area contributed by atoms with Crippen LogP contribution in [0.4, 0.5) is 0 Å². The Kier molecular flexibility index (Phi) is 4.73. The molecule has 0 atom stereocenters. The summed E-state index contributed by atoms with van der Waals surface area (Å²) in [7, 11) is 1.79. The average molecular weight is 324 g/mol. The van der Waals surface area contributed by atoms with E-state index in [1.807, 2.05) is 29.6 Å². The first-order valence-electron chi connectivity index (χ1n) is 7.24. The fraction of sp³-hybridized carbons (Fsp3) is 0.176. The highest BCUT2D eigenvalue weighted by molar-refractivity contribution is 7.13. The SMILES string of the molecule is CN(CCc1ccncc1)C(=O)c1cnc(-c2cccs2)nc1. The lowest BCUT2D eigenvalue weighted by Gasteiger charge is -2.16. The monoisotopic (exact) mass is 324 g/mol. The molecular formula is C17H16N4OS. The van der Waals surface area contributed by atoms with Crippen molar-refractivity contribution in [3.05, 3.63) is 65.6 Å². The van der Waals surface area contributed by atoms with E-state index in [0.29, 0.717) is 17.9 Å². The number of carbonyl (C=O) groups excluding carboxylic acids is 1. The Morgan fingerprint density at radius 2 is 1.91 bits per heavy atom. The van der Waals surface area contributed by atoms with Gasteiger partial charge in [0.05, 0.1) is 10.4 Å². The predicted molar refractivity (Wildman–Crippen MR) is 90.2 cm³/mol. The van der Waals surface area contributed by atoms with Crippen LogP contribution in [0.3, 0.4) is 0 Å².